The summed E-state index contributed by atoms with van der Waals surface area (Å²) in [5.74, 6) is 0.584. The number of hydrogen-bond acceptors (Lipinski definition) is 4. The van der Waals surface area contributed by atoms with Crippen LogP contribution >= 0.6 is 0 Å². The fourth-order valence-electron chi connectivity index (χ4n) is 3.22. The van der Waals surface area contributed by atoms with Gasteiger partial charge in [-0.2, -0.15) is 13.2 Å². The van der Waals surface area contributed by atoms with Gasteiger partial charge >= 0.3 is 12.2 Å². The molecule has 4 rings (SSSR count). The number of pyridine rings is 2. The zero-order chi connectivity index (χ0) is 23.8. The zero-order valence-electron chi connectivity index (χ0n) is 17.1. The first-order chi connectivity index (χ1) is 15.6. The van der Waals surface area contributed by atoms with Crippen LogP contribution in [0.2, 0.25) is 0 Å². The lowest BCUT2D eigenvalue weighted by Crippen LogP contribution is -2.28. The third kappa shape index (κ3) is 4.79. The van der Waals surface area contributed by atoms with Crippen LogP contribution in [0.3, 0.4) is 0 Å². The van der Waals surface area contributed by atoms with Crippen LogP contribution in [0.5, 0.6) is 0 Å². The van der Waals surface area contributed by atoms with Crippen molar-refractivity contribution in [3.05, 3.63) is 86.5 Å². The molecule has 12 heteroatoms. The van der Waals surface area contributed by atoms with E-state index in [1.165, 1.54) is 6.20 Å². The SMILES string of the molecule is Cn1cc(C(F)(F)F)cc(NC(=O)Nc2ccc(Cc3nc4c(=O)[nH]ccc4[nH]3)cc2)c1=O. The fourth-order valence-corrected chi connectivity index (χ4v) is 3.22. The number of aromatic amines is 2. The summed E-state index contributed by atoms with van der Waals surface area (Å²) in [6, 6.07) is 8.05. The Labute approximate surface area is 183 Å². The molecule has 170 valence electrons. The number of carbonyl (C=O) groups is 1. The lowest BCUT2D eigenvalue weighted by Gasteiger charge is -2.12. The summed E-state index contributed by atoms with van der Waals surface area (Å²) < 4.78 is 39.7. The number of anilines is 2. The molecule has 3 aromatic heterocycles. The molecule has 0 aliphatic rings. The number of fused-ring (bicyclic) bond motifs is 1. The summed E-state index contributed by atoms with van der Waals surface area (Å²) in [4.78, 5) is 45.9. The minimum atomic E-state index is -4.67. The van der Waals surface area contributed by atoms with Gasteiger partial charge in [-0.25, -0.2) is 9.78 Å². The maximum Gasteiger partial charge on any atom is 0.417 e. The topological polar surface area (TPSA) is 125 Å². The lowest BCUT2D eigenvalue weighted by molar-refractivity contribution is -0.138. The smallest absolute Gasteiger partial charge is 0.341 e. The van der Waals surface area contributed by atoms with Crippen LogP contribution in [0.1, 0.15) is 17.0 Å². The highest BCUT2D eigenvalue weighted by Crippen LogP contribution is 2.29. The second-order valence-corrected chi connectivity index (χ2v) is 7.26. The number of nitrogens with zero attached hydrogens (tertiary/aromatic N) is 2. The summed E-state index contributed by atoms with van der Waals surface area (Å²) in [5.41, 5.74) is -0.510. The molecule has 1 aromatic carbocycles. The number of alkyl halides is 3. The Balaban J connectivity index is 1.44. The average Bonchev–Trinajstić information content (AvgIpc) is 3.16. The van der Waals surface area contributed by atoms with Crippen LogP contribution in [0.25, 0.3) is 11.0 Å². The number of halogens is 3. The van der Waals surface area contributed by atoms with Gasteiger partial charge in [0.15, 0.2) is 5.52 Å². The van der Waals surface area contributed by atoms with E-state index in [-0.39, 0.29) is 5.56 Å². The summed E-state index contributed by atoms with van der Waals surface area (Å²) in [6.45, 7) is 0. The molecule has 0 unspecified atom stereocenters. The van der Waals surface area contributed by atoms with E-state index in [4.69, 9.17) is 0 Å². The summed E-state index contributed by atoms with van der Waals surface area (Å²) >= 11 is 0. The van der Waals surface area contributed by atoms with Crippen molar-refractivity contribution < 1.29 is 18.0 Å². The van der Waals surface area contributed by atoms with Crippen molar-refractivity contribution in [3.8, 4) is 0 Å². The van der Waals surface area contributed by atoms with Gasteiger partial charge in [0.05, 0.1) is 11.1 Å². The highest BCUT2D eigenvalue weighted by atomic mass is 19.4. The van der Waals surface area contributed by atoms with Crippen molar-refractivity contribution in [1.29, 1.82) is 0 Å². The number of nitrogens with one attached hydrogen (secondary N) is 4. The molecule has 0 saturated heterocycles. The molecule has 0 aliphatic carbocycles. The molecule has 0 radical (unpaired) electrons. The molecular weight excluding hydrogens is 441 g/mol. The molecule has 4 N–H and O–H groups in total. The molecule has 3 heterocycles. The van der Waals surface area contributed by atoms with E-state index in [9.17, 15) is 27.6 Å². The van der Waals surface area contributed by atoms with E-state index in [1.807, 2.05) is 0 Å². The minimum Gasteiger partial charge on any atom is -0.341 e. The van der Waals surface area contributed by atoms with E-state index >= 15 is 0 Å². The second kappa shape index (κ2) is 8.30. The van der Waals surface area contributed by atoms with Gasteiger partial charge in [-0.1, -0.05) is 12.1 Å². The maximum absolute atomic E-state index is 13.0. The summed E-state index contributed by atoms with van der Waals surface area (Å²) in [7, 11) is 1.16. The predicted octanol–water partition coefficient (Wildman–Crippen LogP) is 3.20. The molecule has 0 fully saturated rings. The Bertz CT molecular complexity index is 1450. The van der Waals surface area contributed by atoms with Crippen molar-refractivity contribution in [2.45, 2.75) is 12.6 Å². The monoisotopic (exact) mass is 458 g/mol. The highest BCUT2D eigenvalue weighted by molar-refractivity contribution is 5.99. The van der Waals surface area contributed by atoms with Crippen LogP contribution in [-0.4, -0.2) is 25.6 Å². The molecule has 4 aromatic rings. The number of aryl methyl sites for hydroxylation is 1. The number of benzene rings is 1. The van der Waals surface area contributed by atoms with Crippen molar-refractivity contribution in [1.82, 2.24) is 19.5 Å². The van der Waals surface area contributed by atoms with Crippen LogP contribution in [0.15, 0.2) is 58.4 Å². The highest BCUT2D eigenvalue weighted by Gasteiger charge is 2.32. The maximum atomic E-state index is 13.0. The third-order valence-corrected chi connectivity index (χ3v) is 4.80. The number of carbonyl (C=O) groups excluding carboxylic acids is 1. The number of H-pyrrole nitrogens is 2. The van der Waals surface area contributed by atoms with Crippen LogP contribution in [-0.2, 0) is 19.6 Å². The third-order valence-electron chi connectivity index (χ3n) is 4.80. The van der Waals surface area contributed by atoms with E-state index < -0.39 is 29.0 Å². The Hall–Kier alpha value is -4.35. The van der Waals surface area contributed by atoms with Gasteiger partial charge in [0, 0.05) is 31.5 Å². The number of rotatable bonds is 4. The number of amides is 2. The van der Waals surface area contributed by atoms with Crippen LogP contribution in [0.4, 0.5) is 29.3 Å². The Morgan fingerprint density at radius 3 is 2.52 bits per heavy atom. The fraction of sp³-hybridized carbons (Fsp3) is 0.143. The number of aromatic nitrogens is 4. The van der Waals surface area contributed by atoms with Crippen LogP contribution in [0, 0.1) is 0 Å². The number of urea groups is 1. The number of imidazole rings is 1. The minimum absolute atomic E-state index is 0.295. The van der Waals surface area contributed by atoms with Gasteiger partial charge in [0.25, 0.3) is 11.1 Å². The van der Waals surface area contributed by atoms with E-state index in [2.05, 4.69) is 25.6 Å². The molecule has 33 heavy (non-hydrogen) atoms. The summed E-state index contributed by atoms with van der Waals surface area (Å²) in [6.07, 6.45) is -2.09. The van der Waals surface area contributed by atoms with Gasteiger partial charge in [0.1, 0.15) is 11.5 Å². The largest absolute Gasteiger partial charge is 0.417 e. The average molecular weight is 458 g/mol. The van der Waals surface area contributed by atoms with Crippen LogP contribution < -0.4 is 21.8 Å². The Morgan fingerprint density at radius 2 is 1.85 bits per heavy atom. The molecule has 9 nitrogen and oxygen atoms in total. The van der Waals surface area contributed by atoms with Crippen molar-refractivity contribution >= 4 is 28.4 Å². The molecule has 2 amide bonds. The van der Waals surface area contributed by atoms with Crippen molar-refractivity contribution in [2.75, 3.05) is 10.6 Å². The van der Waals surface area contributed by atoms with Gasteiger partial charge in [-0.05, 0) is 29.8 Å². The van der Waals surface area contributed by atoms with E-state index in [1.54, 1.807) is 30.3 Å². The first-order valence-corrected chi connectivity index (χ1v) is 9.61. The first-order valence-electron chi connectivity index (χ1n) is 9.61. The van der Waals surface area contributed by atoms with Gasteiger partial charge in [0.2, 0.25) is 0 Å². The molecular formula is C21H17F3N6O3. The molecule has 0 bridgehead atoms. The van der Waals surface area contributed by atoms with Gasteiger partial charge in [-0.15, -0.1) is 0 Å². The second-order valence-electron chi connectivity index (χ2n) is 7.26. The Morgan fingerprint density at radius 1 is 1.12 bits per heavy atom. The predicted molar refractivity (Wildman–Crippen MR) is 115 cm³/mol. The van der Waals surface area contributed by atoms with E-state index in [0.29, 0.717) is 41.2 Å². The molecule has 0 spiro atoms. The Kier molecular flexibility index (Phi) is 5.50. The lowest BCUT2D eigenvalue weighted by atomic mass is 10.1. The molecule has 0 aliphatic heterocycles. The van der Waals surface area contributed by atoms with E-state index in [0.717, 1.165) is 17.2 Å². The van der Waals surface area contributed by atoms with Gasteiger partial charge < -0.3 is 25.2 Å². The van der Waals surface area contributed by atoms with Crippen molar-refractivity contribution in [2.24, 2.45) is 7.05 Å². The van der Waals surface area contributed by atoms with Gasteiger partial charge in [-0.3, -0.25) is 9.59 Å². The normalized spacial score (nSPS) is 11.5. The first kappa shape index (κ1) is 21.9. The summed E-state index contributed by atoms with van der Waals surface area (Å²) in [5, 5.41) is 4.62. The quantitative estimate of drug-likeness (QED) is 0.375. The zero-order valence-corrected chi connectivity index (χ0v) is 17.1. The number of hydrogen-bond donors (Lipinski definition) is 4. The van der Waals surface area contributed by atoms with Crippen molar-refractivity contribution in [3.63, 3.8) is 0 Å². The molecule has 0 atom stereocenters. The standard InChI is InChI=1S/C21H17F3N6O3/c1-30-10-12(21(22,23)24)9-15(19(30)32)28-20(33)26-13-4-2-11(3-5-13)8-16-27-14-6-7-25-18(31)17(14)29-16/h2-7,9-10H,8H2,1H3,(H,25,31)(H,27,29)(H2,26,28,33). The molecule has 0 saturated carbocycles.